The zero-order chi connectivity index (χ0) is 12.8. The van der Waals surface area contributed by atoms with E-state index in [2.05, 4.69) is 11.1 Å². The highest BCUT2D eigenvalue weighted by Gasteiger charge is 2.44. The minimum absolute atomic E-state index is 0.0691. The van der Waals surface area contributed by atoms with E-state index < -0.39 is 0 Å². The number of methoxy groups -OCH3 is 1. The molecule has 0 atom stereocenters. The number of nitrogens with zero attached hydrogens (tertiary/aromatic N) is 1. The molecule has 3 nitrogen and oxygen atoms in total. The van der Waals surface area contributed by atoms with Gasteiger partial charge in [0.2, 0.25) is 0 Å². The van der Waals surface area contributed by atoms with Crippen LogP contribution in [0.2, 0.25) is 0 Å². The van der Waals surface area contributed by atoms with Gasteiger partial charge >= 0.3 is 5.97 Å². The smallest absolute Gasteiger partial charge is 0.306 e. The molecule has 0 N–H and O–H groups in total. The normalized spacial score (nSPS) is 16.3. The monoisotopic (exact) mass is 265 g/mol. The summed E-state index contributed by atoms with van der Waals surface area (Å²) in [4.78, 5) is 15.4. The minimum Gasteiger partial charge on any atom is -0.469 e. The molecule has 2 rings (SSSR count). The van der Waals surface area contributed by atoms with Crippen molar-refractivity contribution in [1.29, 1.82) is 0 Å². The Balaban J connectivity index is 1.65. The SMILES string of the molecule is COC(=O)CC1(CSCCc2cccnc2)CC1. The average molecular weight is 265 g/mol. The van der Waals surface area contributed by atoms with Gasteiger partial charge in [0.15, 0.2) is 0 Å². The highest BCUT2D eigenvalue weighted by atomic mass is 32.2. The molecular weight excluding hydrogens is 246 g/mol. The average Bonchev–Trinajstić information content (AvgIpc) is 3.16. The maximum absolute atomic E-state index is 11.3. The predicted molar refractivity (Wildman–Crippen MR) is 73.6 cm³/mol. The molecule has 0 spiro atoms. The molecule has 0 aliphatic heterocycles. The Morgan fingerprint density at radius 1 is 1.56 bits per heavy atom. The first-order valence-corrected chi connectivity index (χ1v) is 7.43. The van der Waals surface area contributed by atoms with Gasteiger partial charge in [-0.1, -0.05) is 6.07 Å². The molecule has 0 saturated heterocycles. The molecule has 1 saturated carbocycles. The van der Waals surface area contributed by atoms with Crippen LogP contribution in [0.4, 0.5) is 0 Å². The third-order valence-corrected chi connectivity index (χ3v) is 4.68. The van der Waals surface area contributed by atoms with Gasteiger partial charge in [0.05, 0.1) is 13.5 Å². The van der Waals surface area contributed by atoms with Crippen LogP contribution < -0.4 is 0 Å². The first-order chi connectivity index (χ1) is 8.74. The molecule has 1 aromatic rings. The summed E-state index contributed by atoms with van der Waals surface area (Å²) in [6.07, 6.45) is 7.69. The largest absolute Gasteiger partial charge is 0.469 e. The lowest BCUT2D eigenvalue weighted by Crippen LogP contribution is -2.13. The Morgan fingerprint density at radius 3 is 3.00 bits per heavy atom. The van der Waals surface area contributed by atoms with Crippen molar-refractivity contribution in [3.8, 4) is 0 Å². The summed E-state index contributed by atoms with van der Waals surface area (Å²) in [6, 6.07) is 4.08. The number of ether oxygens (including phenoxy) is 1. The summed E-state index contributed by atoms with van der Waals surface area (Å²) in [5.41, 5.74) is 1.52. The van der Waals surface area contributed by atoms with Crippen LogP contribution in [-0.4, -0.2) is 29.6 Å². The maximum atomic E-state index is 11.3. The number of pyridine rings is 1. The van der Waals surface area contributed by atoms with Crippen LogP contribution in [-0.2, 0) is 16.0 Å². The van der Waals surface area contributed by atoms with Crippen molar-refractivity contribution in [2.24, 2.45) is 5.41 Å². The van der Waals surface area contributed by atoms with Crippen molar-refractivity contribution in [2.45, 2.75) is 25.7 Å². The van der Waals surface area contributed by atoms with Crippen LogP contribution in [0, 0.1) is 5.41 Å². The van der Waals surface area contributed by atoms with Gasteiger partial charge in [0.1, 0.15) is 0 Å². The zero-order valence-electron chi connectivity index (χ0n) is 10.7. The first-order valence-electron chi connectivity index (χ1n) is 6.28. The Bertz CT molecular complexity index is 390. The second-order valence-corrected chi connectivity index (χ2v) is 6.02. The number of esters is 1. The Hall–Kier alpha value is -1.03. The quantitative estimate of drug-likeness (QED) is 0.561. The maximum Gasteiger partial charge on any atom is 0.306 e. The van der Waals surface area contributed by atoms with E-state index in [1.165, 1.54) is 25.5 Å². The van der Waals surface area contributed by atoms with Crippen LogP contribution in [0.3, 0.4) is 0 Å². The Labute approximate surface area is 112 Å². The number of carbonyl (C=O) groups excluding carboxylic acids is 1. The van der Waals surface area contributed by atoms with E-state index >= 15 is 0 Å². The summed E-state index contributed by atoms with van der Waals surface area (Å²) in [6.45, 7) is 0. The van der Waals surface area contributed by atoms with Gasteiger partial charge in [0, 0.05) is 12.4 Å². The summed E-state index contributed by atoms with van der Waals surface area (Å²) >= 11 is 1.93. The molecule has 18 heavy (non-hydrogen) atoms. The van der Waals surface area contributed by atoms with E-state index in [9.17, 15) is 4.79 Å². The summed E-state index contributed by atoms with van der Waals surface area (Å²) in [5.74, 6) is 2.09. The van der Waals surface area contributed by atoms with Gasteiger partial charge < -0.3 is 4.74 Å². The summed E-state index contributed by atoms with van der Waals surface area (Å²) < 4.78 is 4.75. The first kappa shape index (κ1) is 13.4. The molecule has 1 heterocycles. The van der Waals surface area contributed by atoms with E-state index in [1.54, 1.807) is 6.20 Å². The second-order valence-electron chi connectivity index (χ2n) is 4.92. The van der Waals surface area contributed by atoms with Gasteiger partial charge in [-0.2, -0.15) is 11.8 Å². The van der Waals surface area contributed by atoms with Crippen molar-refractivity contribution in [3.63, 3.8) is 0 Å². The van der Waals surface area contributed by atoms with Crippen molar-refractivity contribution >= 4 is 17.7 Å². The second kappa shape index (κ2) is 6.23. The topological polar surface area (TPSA) is 39.2 Å². The van der Waals surface area contributed by atoms with Crippen molar-refractivity contribution in [3.05, 3.63) is 30.1 Å². The van der Waals surface area contributed by atoms with E-state index in [4.69, 9.17) is 4.74 Å². The van der Waals surface area contributed by atoms with Gasteiger partial charge in [-0.05, 0) is 47.8 Å². The number of aromatic nitrogens is 1. The number of aryl methyl sites for hydroxylation is 1. The lowest BCUT2D eigenvalue weighted by Gasteiger charge is -2.12. The summed E-state index contributed by atoms with van der Waals surface area (Å²) in [7, 11) is 1.47. The zero-order valence-corrected chi connectivity index (χ0v) is 11.5. The molecule has 98 valence electrons. The molecule has 4 heteroatoms. The molecule has 1 fully saturated rings. The van der Waals surface area contributed by atoms with Crippen molar-refractivity contribution in [1.82, 2.24) is 4.98 Å². The number of rotatable bonds is 7. The Morgan fingerprint density at radius 2 is 2.39 bits per heavy atom. The third-order valence-electron chi connectivity index (χ3n) is 3.37. The molecule has 1 aromatic heterocycles. The highest BCUT2D eigenvalue weighted by Crippen LogP contribution is 2.51. The minimum atomic E-state index is -0.0691. The lowest BCUT2D eigenvalue weighted by atomic mass is 10.1. The molecule has 1 aliphatic rings. The standard InChI is InChI=1S/C14H19NO2S/c1-17-13(16)9-14(5-6-14)11-18-8-4-12-3-2-7-15-10-12/h2-3,7,10H,4-6,8-9,11H2,1H3. The third kappa shape index (κ3) is 4.02. The van der Waals surface area contributed by atoms with Crippen LogP contribution in [0.5, 0.6) is 0 Å². The van der Waals surface area contributed by atoms with Crippen LogP contribution in [0.1, 0.15) is 24.8 Å². The highest BCUT2D eigenvalue weighted by molar-refractivity contribution is 7.99. The van der Waals surface area contributed by atoms with E-state index in [1.807, 2.05) is 24.0 Å². The van der Waals surface area contributed by atoms with Gasteiger partial charge in [-0.15, -0.1) is 0 Å². The van der Waals surface area contributed by atoms with E-state index in [0.29, 0.717) is 6.42 Å². The lowest BCUT2D eigenvalue weighted by molar-refractivity contribution is -0.141. The molecule has 0 aromatic carbocycles. The fraction of sp³-hybridized carbons (Fsp3) is 0.571. The molecule has 0 radical (unpaired) electrons. The molecular formula is C14H19NO2S. The number of thioether (sulfide) groups is 1. The Kier molecular flexibility index (Phi) is 4.64. The number of hydrogen-bond acceptors (Lipinski definition) is 4. The molecule has 0 unspecified atom stereocenters. The molecule has 1 aliphatic carbocycles. The van der Waals surface area contributed by atoms with Gasteiger partial charge in [0.25, 0.3) is 0 Å². The van der Waals surface area contributed by atoms with Crippen LogP contribution in [0.15, 0.2) is 24.5 Å². The number of carbonyl (C=O) groups is 1. The number of hydrogen-bond donors (Lipinski definition) is 0. The fourth-order valence-electron chi connectivity index (χ4n) is 1.95. The fourth-order valence-corrected chi connectivity index (χ4v) is 3.30. The van der Waals surface area contributed by atoms with E-state index in [0.717, 1.165) is 17.9 Å². The van der Waals surface area contributed by atoms with Gasteiger partial charge in [-0.3, -0.25) is 9.78 Å². The summed E-state index contributed by atoms with van der Waals surface area (Å²) in [5, 5.41) is 0. The van der Waals surface area contributed by atoms with Gasteiger partial charge in [-0.25, -0.2) is 0 Å². The van der Waals surface area contributed by atoms with Crippen LogP contribution in [0.25, 0.3) is 0 Å². The molecule has 0 bridgehead atoms. The molecule has 0 amide bonds. The van der Waals surface area contributed by atoms with Crippen molar-refractivity contribution < 1.29 is 9.53 Å². The van der Waals surface area contributed by atoms with Crippen LogP contribution >= 0.6 is 11.8 Å². The van der Waals surface area contributed by atoms with Crippen molar-refractivity contribution in [2.75, 3.05) is 18.6 Å². The predicted octanol–water partition coefficient (Wildman–Crippen LogP) is 2.70. The van der Waals surface area contributed by atoms with E-state index in [-0.39, 0.29) is 11.4 Å².